The molecule has 1 saturated carbocycles. The molecule has 0 spiro atoms. The zero-order valence-corrected chi connectivity index (χ0v) is 12.2. The fraction of sp³-hybridized carbons (Fsp3) is 0.562. The fourth-order valence-corrected chi connectivity index (χ4v) is 3.93. The van der Waals surface area contributed by atoms with Crippen LogP contribution in [0.2, 0.25) is 0 Å². The molecule has 2 bridgehead atoms. The molecule has 1 aliphatic heterocycles. The molecule has 2 fully saturated rings. The van der Waals surface area contributed by atoms with Crippen LogP contribution in [0.4, 0.5) is 0 Å². The summed E-state index contributed by atoms with van der Waals surface area (Å²) in [6, 6.07) is 9.16. The Morgan fingerprint density at radius 2 is 1.95 bits per heavy atom. The monoisotopic (exact) mass is 291 g/mol. The number of nitrogens with zero attached hydrogens (tertiary/aromatic N) is 1. The second-order valence-corrected chi connectivity index (χ2v) is 5.95. The Hall–Kier alpha value is -1.43. The van der Waals surface area contributed by atoms with Crippen molar-refractivity contribution >= 4 is 5.97 Å². The number of carbonyl (C=O) groups excluding carboxylic acids is 1. The lowest BCUT2D eigenvalue weighted by Crippen LogP contribution is -2.57. The Balaban J connectivity index is 1.93. The smallest absolute Gasteiger partial charge is 0.323 e. The van der Waals surface area contributed by atoms with E-state index < -0.39 is 18.2 Å². The van der Waals surface area contributed by atoms with Crippen LogP contribution in [0.5, 0.6) is 0 Å². The van der Waals surface area contributed by atoms with Gasteiger partial charge in [-0.15, -0.1) is 0 Å². The molecule has 0 radical (unpaired) electrons. The minimum atomic E-state index is -0.849. The van der Waals surface area contributed by atoms with Gasteiger partial charge in [0.1, 0.15) is 6.04 Å². The fourth-order valence-electron chi connectivity index (χ4n) is 3.93. The lowest BCUT2D eigenvalue weighted by molar-refractivity contribution is -0.157. The number of piperidine rings is 1. The van der Waals surface area contributed by atoms with Gasteiger partial charge in [0.2, 0.25) is 0 Å². The highest BCUT2D eigenvalue weighted by atomic mass is 16.5. The SMILES string of the molecule is COC(=O)[C@H]1[C@H]2C[C@H]([C@H](O)C2O)N1[C@@H](C)c1ccccc1. The lowest BCUT2D eigenvalue weighted by Gasteiger charge is -2.42. The molecule has 5 nitrogen and oxygen atoms in total. The van der Waals surface area contributed by atoms with Crippen LogP contribution in [0, 0.1) is 5.92 Å². The normalized spacial score (nSPS) is 36.7. The third-order valence-electron chi connectivity index (χ3n) is 4.98. The maximum Gasteiger partial charge on any atom is 0.323 e. The number of hydrogen-bond donors (Lipinski definition) is 2. The van der Waals surface area contributed by atoms with Crippen molar-refractivity contribution in [1.82, 2.24) is 4.90 Å². The van der Waals surface area contributed by atoms with Crippen LogP contribution in [0.25, 0.3) is 0 Å². The van der Waals surface area contributed by atoms with E-state index in [0.29, 0.717) is 6.42 Å². The number of esters is 1. The molecule has 5 heteroatoms. The van der Waals surface area contributed by atoms with Gasteiger partial charge in [0.25, 0.3) is 0 Å². The Bertz CT molecular complexity index is 520. The van der Waals surface area contributed by atoms with Crippen LogP contribution in [0.3, 0.4) is 0 Å². The predicted molar refractivity (Wildman–Crippen MR) is 76.4 cm³/mol. The van der Waals surface area contributed by atoms with Gasteiger partial charge in [-0.3, -0.25) is 9.69 Å². The van der Waals surface area contributed by atoms with Gasteiger partial charge in [0.15, 0.2) is 0 Å². The van der Waals surface area contributed by atoms with Crippen LogP contribution < -0.4 is 0 Å². The molecule has 0 aromatic heterocycles. The molecule has 2 aliphatic rings. The second kappa shape index (κ2) is 5.40. The minimum absolute atomic E-state index is 0.0209. The van der Waals surface area contributed by atoms with Crippen molar-refractivity contribution < 1.29 is 19.7 Å². The van der Waals surface area contributed by atoms with Crippen molar-refractivity contribution in [2.75, 3.05) is 7.11 Å². The molecule has 0 amide bonds. The lowest BCUT2D eigenvalue weighted by atomic mass is 9.92. The van der Waals surface area contributed by atoms with E-state index in [9.17, 15) is 15.0 Å². The zero-order chi connectivity index (χ0) is 15.1. The molecular weight excluding hydrogens is 270 g/mol. The number of methoxy groups -OCH3 is 1. The van der Waals surface area contributed by atoms with Gasteiger partial charge in [0.05, 0.1) is 19.3 Å². The summed E-state index contributed by atoms with van der Waals surface area (Å²) in [6.07, 6.45) is -1.03. The molecule has 2 N–H and O–H groups in total. The van der Waals surface area contributed by atoms with Crippen molar-refractivity contribution in [2.45, 2.75) is 43.7 Å². The molecule has 6 atom stereocenters. The summed E-state index contributed by atoms with van der Waals surface area (Å²) in [5.41, 5.74) is 1.08. The first-order chi connectivity index (χ1) is 10.1. The van der Waals surface area contributed by atoms with E-state index in [1.165, 1.54) is 7.11 Å². The van der Waals surface area contributed by atoms with E-state index in [2.05, 4.69) is 0 Å². The number of likely N-dealkylation sites (tertiary alicyclic amines) is 1. The van der Waals surface area contributed by atoms with Gasteiger partial charge < -0.3 is 14.9 Å². The number of benzene rings is 1. The number of ether oxygens (including phenoxy) is 1. The minimum Gasteiger partial charge on any atom is -0.468 e. The summed E-state index contributed by atoms with van der Waals surface area (Å²) in [7, 11) is 1.36. The van der Waals surface area contributed by atoms with Gasteiger partial charge in [-0.05, 0) is 18.9 Å². The van der Waals surface area contributed by atoms with E-state index >= 15 is 0 Å². The van der Waals surface area contributed by atoms with E-state index in [1.54, 1.807) is 0 Å². The molecule has 114 valence electrons. The Morgan fingerprint density at radius 3 is 2.57 bits per heavy atom. The highest BCUT2D eigenvalue weighted by Crippen LogP contribution is 2.47. The molecular formula is C16H21NO4. The highest BCUT2D eigenvalue weighted by molar-refractivity contribution is 5.77. The van der Waals surface area contributed by atoms with Crippen molar-refractivity contribution in [3.05, 3.63) is 35.9 Å². The zero-order valence-electron chi connectivity index (χ0n) is 12.2. The molecule has 3 rings (SSSR count). The number of rotatable bonds is 3. The molecule has 1 aromatic carbocycles. The average Bonchev–Trinajstić information content (AvgIpc) is 3.04. The third kappa shape index (κ3) is 2.16. The van der Waals surface area contributed by atoms with Crippen molar-refractivity contribution in [2.24, 2.45) is 5.92 Å². The molecule has 1 aromatic rings. The van der Waals surface area contributed by atoms with E-state index in [1.807, 2.05) is 42.2 Å². The Morgan fingerprint density at radius 1 is 1.29 bits per heavy atom. The summed E-state index contributed by atoms with van der Waals surface area (Å²) in [5.74, 6) is -0.597. The maximum absolute atomic E-state index is 12.1. The Labute approximate surface area is 124 Å². The maximum atomic E-state index is 12.1. The predicted octanol–water partition coefficient (Wildman–Crippen LogP) is 0.715. The van der Waals surface area contributed by atoms with E-state index in [0.717, 1.165) is 5.56 Å². The van der Waals surface area contributed by atoms with Gasteiger partial charge >= 0.3 is 5.97 Å². The summed E-state index contributed by atoms with van der Waals surface area (Å²) in [5, 5.41) is 20.3. The number of carbonyl (C=O) groups is 1. The Kier molecular flexibility index (Phi) is 3.73. The molecule has 21 heavy (non-hydrogen) atoms. The van der Waals surface area contributed by atoms with Gasteiger partial charge in [-0.2, -0.15) is 0 Å². The number of hydrogen-bond acceptors (Lipinski definition) is 5. The first kappa shape index (κ1) is 14.5. The van der Waals surface area contributed by atoms with Crippen LogP contribution >= 0.6 is 0 Å². The van der Waals surface area contributed by atoms with Crippen molar-refractivity contribution in [3.63, 3.8) is 0 Å². The topological polar surface area (TPSA) is 70.0 Å². The molecule has 1 aliphatic carbocycles. The summed E-state index contributed by atoms with van der Waals surface area (Å²) >= 11 is 0. The molecule has 1 unspecified atom stereocenters. The van der Waals surface area contributed by atoms with Crippen LogP contribution in [0.15, 0.2) is 30.3 Å². The van der Waals surface area contributed by atoms with E-state index in [-0.39, 0.29) is 24.0 Å². The summed E-state index contributed by atoms with van der Waals surface area (Å²) in [4.78, 5) is 14.1. The first-order valence-electron chi connectivity index (χ1n) is 7.32. The van der Waals surface area contributed by atoms with Crippen LogP contribution in [-0.4, -0.2) is 52.5 Å². The van der Waals surface area contributed by atoms with Gasteiger partial charge in [-0.25, -0.2) is 0 Å². The third-order valence-corrected chi connectivity index (χ3v) is 4.98. The standard InChI is InChI=1S/C16H21NO4/c1-9(10-6-4-3-5-7-10)17-12-8-11(14(18)15(12)19)13(17)16(20)21-2/h3-7,9,11-15,18-19H,8H2,1-2H3/t9-,11+,12+,13+,14?,15-/m0/s1. The second-order valence-electron chi connectivity index (χ2n) is 5.95. The average molecular weight is 291 g/mol. The number of fused-ring (bicyclic) bond motifs is 2. The van der Waals surface area contributed by atoms with Crippen molar-refractivity contribution in [1.29, 1.82) is 0 Å². The van der Waals surface area contributed by atoms with E-state index in [4.69, 9.17) is 4.74 Å². The molecule has 1 saturated heterocycles. The van der Waals surface area contributed by atoms with Crippen LogP contribution in [-0.2, 0) is 9.53 Å². The van der Waals surface area contributed by atoms with Crippen LogP contribution in [0.1, 0.15) is 24.9 Å². The van der Waals surface area contributed by atoms with Gasteiger partial charge in [-0.1, -0.05) is 30.3 Å². The van der Waals surface area contributed by atoms with Crippen molar-refractivity contribution in [3.8, 4) is 0 Å². The summed E-state index contributed by atoms with van der Waals surface area (Å²) in [6.45, 7) is 2.02. The largest absolute Gasteiger partial charge is 0.468 e. The molecule has 1 heterocycles. The first-order valence-corrected chi connectivity index (χ1v) is 7.32. The van der Waals surface area contributed by atoms with Gasteiger partial charge in [0, 0.05) is 18.0 Å². The number of aliphatic hydroxyl groups excluding tert-OH is 2. The summed E-state index contributed by atoms with van der Waals surface area (Å²) < 4.78 is 4.91. The quantitative estimate of drug-likeness (QED) is 0.803. The number of aliphatic hydroxyl groups is 2. The highest BCUT2D eigenvalue weighted by Gasteiger charge is 2.60.